The van der Waals surface area contributed by atoms with Gasteiger partial charge in [0.1, 0.15) is 17.5 Å². The van der Waals surface area contributed by atoms with Crippen molar-refractivity contribution in [1.29, 1.82) is 0 Å². The summed E-state index contributed by atoms with van der Waals surface area (Å²) in [5.41, 5.74) is 0.0463. The van der Waals surface area contributed by atoms with Crippen LogP contribution in [0.25, 0.3) is 0 Å². The Kier molecular flexibility index (Phi) is 5.58. The second kappa shape index (κ2) is 6.73. The lowest BCUT2D eigenvalue weighted by atomic mass is 10.0. The maximum absolute atomic E-state index is 4.61. The zero-order valence-electron chi connectivity index (χ0n) is 13.2. The van der Waals surface area contributed by atoms with Gasteiger partial charge in [-0.05, 0) is 26.7 Å². The minimum Gasteiger partial charge on any atom is -0.370 e. The van der Waals surface area contributed by atoms with Gasteiger partial charge in [-0.1, -0.05) is 27.7 Å². The largest absolute Gasteiger partial charge is 0.370 e. The first-order chi connectivity index (χ1) is 8.88. The van der Waals surface area contributed by atoms with Crippen LogP contribution in [-0.2, 0) is 0 Å². The molecule has 0 fully saturated rings. The smallest absolute Gasteiger partial charge is 0.135 e. The van der Waals surface area contributed by atoms with E-state index in [0.717, 1.165) is 36.8 Å². The normalized spacial score (nSPS) is 11.7. The number of hydrogen-bond acceptors (Lipinski definition) is 4. The minimum absolute atomic E-state index is 0.0463. The molecule has 0 unspecified atom stereocenters. The molecule has 0 amide bonds. The molecule has 4 nitrogen and oxygen atoms in total. The monoisotopic (exact) mass is 264 g/mol. The van der Waals surface area contributed by atoms with Gasteiger partial charge in [-0.3, -0.25) is 0 Å². The Morgan fingerprint density at radius 2 is 1.79 bits per heavy atom. The first-order valence-corrected chi connectivity index (χ1v) is 7.29. The molecule has 0 bridgehead atoms. The first kappa shape index (κ1) is 15.7. The number of anilines is 2. The lowest BCUT2D eigenvalue weighted by molar-refractivity contribution is 0.544. The van der Waals surface area contributed by atoms with Crippen molar-refractivity contribution in [2.24, 2.45) is 0 Å². The third kappa shape index (κ3) is 5.05. The number of rotatable bonds is 7. The molecule has 0 saturated heterocycles. The molecule has 0 aromatic carbocycles. The van der Waals surface area contributed by atoms with Gasteiger partial charge in [-0.2, -0.15) is 0 Å². The lowest BCUT2D eigenvalue weighted by Crippen LogP contribution is -2.30. The van der Waals surface area contributed by atoms with E-state index in [1.807, 2.05) is 6.07 Å². The van der Waals surface area contributed by atoms with Crippen molar-refractivity contribution in [3.63, 3.8) is 0 Å². The summed E-state index contributed by atoms with van der Waals surface area (Å²) in [5, 5.41) is 6.83. The van der Waals surface area contributed by atoms with Crippen molar-refractivity contribution in [2.45, 2.75) is 65.8 Å². The second-order valence-corrected chi connectivity index (χ2v) is 5.94. The van der Waals surface area contributed by atoms with Crippen molar-refractivity contribution >= 4 is 11.6 Å². The Hall–Kier alpha value is -1.32. The van der Waals surface area contributed by atoms with Crippen LogP contribution in [0.3, 0.4) is 0 Å². The third-order valence-electron chi connectivity index (χ3n) is 3.17. The number of nitrogens with one attached hydrogen (secondary N) is 2. The molecule has 1 aromatic heterocycles. The maximum atomic E-state index is 4.61. The number of nitrogens with zero attached hydrogens (tertiary/aromatic N) is 2. The Morgan fingerprint density at radius 3 is 2.32 bits per heavy atom. The van der Waals surface area contributed by atoms with Crippen LogP contribution in [0.2, 0.25) is 0 Å². The fourth-order valence-corrected chi connectivity index (χ4v) is 1.57. The highest BCUT2D eigenvalue weighted by atomic mass is 15.1. The third-order valence-corrected chi connectivity index (χ3v) is 3.17. The van der Waals surface area contributed by atoms with Crippen LogP contribution in [0.1, 0.15) is 66.1 Å². The predicted molar refractivity (Wildman–Crippen MR) is 82.9 cm³/mol. The van der Waals surface area contributed by atoms with E-state index >= 15 is 0 Å². The van der Waals surface area contributed by atoms with Crippen LogP contribution < -0.4 is 10.6 Å². The fourth-order valence-electron chi connectivity index (χ4n) is 1.57. The van der Waals surface area contributed by atoms with Gasteiger partial charge in [0.25, 0.3) is 0 Å². The highest BCUT2D eigenvalue weighted by Crippen LogP contribution is 2.21. The molecule has 0 aliphatic carbocycles. The molecule has 4 heteroatoms. The second-order valence-electron chi connectivity index (χ2n) is 5.94. The molecule has 108 valence electrons. The van der Waals surface area contributed by atoms with Gasteiger partial charge in [-0.25, -0.2) is 9.97 Å². The van der Waals surface area contributed by atoms with Crippen molar-refractivity contribution in [3.05, 3.63) is 11.9 Å². The summed E-state index contributed by atoms with van der Waals surface area (Å²) in [6, 6.07) is 2.00. The van der Waals surface area contributed by atoms with Crippen LogP contribution in [0, 0.1) is 0 Å². The van der Waals surface area contributed by atoms with Crippen molar-refractivity contribution in [1.82, 2.24) is 9.97 Å². The van der Waals surface area contributed by atoms with E-state index in [0.29, 0.717) is 5.92 Å². The zero-order chi connectivity index (χ0) is 14.5. The molecule has 0 aliphatic rings. The molecule has 0 radical (unpaired) electrons. The van der Waals surface area contributed by atoms with Gasteiger partial charge in [0.15, 0.2) is 0 Å². The van der Waals surface area contributed by atoms with Crippen LogP contribution >= 0.6 is 0 Å². The van der Waals surface area contributed by atoms with Gasteiger partial charge in [-0.15, -0.1) is 0 Å². The van der Waals surface area contributed by atoms with Gasteiger partial charge < -0.3 is 10.6 Å². The molecule has 0 spiro atoms. The molecule has 0 saturated carbocycles. The van der Waals surface area contributed by atoms with Crippen molar-refractivity contribution < 1.29 is 0 Å². The SMILES string of the molecule is CCCNc1cc(NC(C)(C)CC)nc(C(C)C)n1. The van der Waals surface area contributed by atoms with Crippen LogP contribution in [0.5, 0.6) is 0 Å². The average Bonchev–Trinajstić information content (AvgIpc) is 2.35. The first-order valence-electron chi connectivity index (χ1n) is 7.29. The van der Waals surface area contributed by atoms with Crippen LogP contribution in [0.15, 0.2) is 6.07 Å². The quantitative estimate of drug-likeness (QED) is 0.781. The van der Waals surface area contributed by atoms with Crippen LogP contribution in [0.4, 0.5) is 11.6 Å². The zero-order valence-corrected chi connectivity index (χ0v) is 13.2. The van der Waals surface area contributed by atoms with E-state index in [-0.39, 0.29) is 5.54 Å². The Morgan fingerprint density at radius 1 is 1.16 bits per heavy atom. The molecule has 19 heavy (non-hydrogen) atoms. The fraction of sp³-hybridized carbons (Fsp3) is 0.733. The summed E-state index contributed by atoms with van der Waals surface area (Å²) in [7, 11) is 0. The van der Waals surface area contributed by atoms with Gasteiger partial charge in [0.05, 0.1) is 0 Å². The van der Waals surface area contributed by atoms with E-state index in [1.165, 1.54) is 0 Å². The van der Waals surface area contributed by atoms with E-state index in [2.05, 4.69) is 62.1 Å². The molecular formula is C15H28N4. The standard InChI is InChI=1S/C15H28N4/c1-7-9-16-12-10-13(19-15(5,6)8-2)18-14(17-12)11(3)4/h10-11H,7-9H2,1-6H3,(H2,16,17,18,19). The average molecular weight is 264 g/mol. The molecular weight excluding hydrogens is 236 g/mol. The molecule has 0 aliphatic heterocycles. The molecule has 1 rings (SSSR count). The van der Waals surface area contributed by atoms with Crippen molar-refractivity contribution in [3.8, 4) is 0 Å². The van der Waals surface area contributed by atoms with Crippen molar-refractivity contribution in [2.75, 3.05) is 17.2 Å². The van der Waals surface area contributed by atoms with E-state index in [4.69, 9.17) is 0 Å². The molecule has 1 aromatic rings. The summed E-state index contributed by atoms with van der Waals surface area (Å²) in [4.78, 5) is 9.18. The highest BCUT2D eigenvalue weighted by Gasteiger charge is 2.16. The van der Waals surface area contributed by atoms with Gasteiger partial charge in [0, 0.05) is 24.1 Å². The summed E-state index contributed by atoms with van der Waals surface area (Å²) in [6.07, 6.45) is 2.13. The van der Waals surface area contributed by atoms with E-state index < -0.39 is 0 Å². The van der Waals surface area contributed by atoms with Gasteiger partial charge in [0.2, 0.25) is 0 Å². The van der Waals surface area contributed by atoms with Crippen LogP contribution in [-0.4, -0.2) is 22.1 Å². The molecule has 1 heterocycles. The van der Waals surface area contributed by atoms with Gasteiger partial charge >= 0.3 is 0 Å². The summed E-state index contributed by atoms with van der Waals surface area (Å²) in [6.45, 7) is 13.9. The van der Waals surface area contributed by atoms with E-state index in [1.54, 1.807) is 0 Å². The Labute approximate surface area is 117 Å². The lowest BCUT2D eigenvalue weighted by Gasteiger charge is -2.26. The summed E-state index contributed by atoms with van der Waals surface area (Å²) >= 11 is 0. The minimum atomic E-state index is 0.0463. The topological polar surface area (TPSA) is 49.8 Å². The maximum Gasteiger partial charge on any atom is 0.135 e. The highest BCUT2D eigenvalue weighted by molar-refractivity contribution is 5.49. The molecule has 0 atom stereocenters. The summed E-state index contributed by atoms with van der Waals surface area (Å²) in [5.74, 6) is 3.03. The number of hydrogen-bond donors (Lipinski definition) is 2. The molecule has 2 N–H and O–H groups in total. The Balaban J connectivity index is 2.99. The Bertz CT molecular complexity index is 399. The predicted octanol–water partition coefficient (Wildman–Crippen LogP) is 4.02. The summed E-state index contributed by atoms with van der Waals surface area (Å²) < 4.78 is 0. The van der Waals surface area contributed by atoms with E-state index in [9.17, 15) is 0 Å². The number of aromatic nitrogens is 2.